The average Bonchev–Trinajstić information content (AvgIpc) is 2.36. The van der Waals surface area contributed by atoms with Crippen LogP contribution in [0.1, 0.15) is 46.5 Å². The second kappa shape index (κ2) is 6.27. The first-order chi connectivity index (χ1) is 7.71. The van der Waals surface area contributed by atoms with Gasteiger partial charge in [0.05, 0.1) is 6.04 Å². The molecular weight excluding hydrogens is 196 g/mol. The van der Waals surface area contributed by atoms with Gasteiger partial charge in [0.25, 0.3) is 0 Å². The maximum Gasteiger partial charge on any atom is 0.0712 e. The first-order valence-corrected chi connectivity index (χ1v) is 6.66. The van der Waals surface area contributed by atoms with Crippen LogP contribution in [0.4, 0.5) is 0 Å². The molecule has 0 aliphatic carbocycles. The Hall–Kier alpha value is -0.520. The second-order valence-corrected chi connectivity index (χ2v) is 4.86. The zero-order valence-electron chi connectivity index (χ0n) is 11.1. The second-order valence-electron chi connectivity index (χ2n) is 4.86. The Morgan fingerprint density at radius 3 is 2.56 bits per heavy atom. The Labute approximate surface area is 101 Å². The number of nitrogens with one attached hydrogen (secondary N) is 1. The van der Waals surface area contributed by atoms with Crippen molar-refractivity contribution in [1.82, 2.24) is 10.2 Å². The minimum Gasteiger partial charge on any atom is -0.309 e. The highest BCUT2D eigenvalue weighted by atomic mass is 15.2. The SMILES string of the molecule is C#CC(CCC)N1CCNC(CC)(CC)C1. The zero-order valence-corrected chi connectivity index (χ0v) is 11.1. The summed E-state index contributed by atoms with van der Waals surface area (Å²) < 4.78 is 0. The van der Waals surface area contributed by atoms with Crippen molar-refractivity contribution in [3.05, 3.63) is 0 Å². The highest BCUT2D eigenvalue weighted by Crippen LogP contribution is 2.22. The number of terminal acetylenes is 1. The van der Waals surface area contributed by atoms with Gasteiger partial charge in [0.2, 0.25) is 0 Å². The molecule has 92 valence electrons. The van der Waals surface area contributed by atoms with Gasteiger partial charge in [-0.15, -0.1) is 6.42 Å². The van der Waals surface area contributed by atoms with Gasteiger partial charge in [0.15, 0.2) is 0 Å². The van der Waals surface area contributed by atoms with Crippen molar-refractivity contribution in [2.45, 2.75) is 58.0 Å². The standard InChI is InChI=1S/C14H26N2/c1-5-9-13(6-2)16-11-10-15-14(7-3,8-4)12-16/h2,13,15H,5,7-12H2,1,3-4H3. The van der Waals surface area contributed by atoms with Crippen LogP contribution in [0, 0.1) is 12.3 Å². The monoisotopic (exact) mass is 222 g/mol. The van der Waals surface area contributed by atoms with Crippen molar-refractivity contribution in [3.63, 3.8) is 0 Å². The molecule has 16 heavy (non-hydrogen) atoms. The normalized spacial score (nSPS) is 22.6. The lowest BCUT2D eigenvalue weighted by Crippen LogP contribution is -2.61. The van der Waals surface area contributed by atoms with Crippen molar-refractivity contribution in [1.29, 1.82) is 0 Å². The van der Waals surface area contributed by atoms with E-state index in [9.17, 15) is 0 Å². The van der Waals surface area contributed by atoms with E-state index in [4.69, 9.17) is 6.42 Å². The van der Waals surface area contributed by atoms with Gasteiger partial charge >= 0.3 is 0 Å². The number of hydrogen-bond donors (Lipinski definition) is 1. The van der Waals surface area contributed by atoms with Crippen LogP contribution in [0.3, 0.4) is 0 Å². The van der Waals surface area contributed by atoms with Gasteiger partial charge in [-0.2, -0.15) is 0 Å². The molecular formula is C14H26N2. The van der Waals surface area contributed by atoms with Gasteiger partial charge < -0.3 is 5.32 Å². The molecule has 0 aromatic rings. The fourth-order valence-electron chi connectivity index (χ4n) is 2.62. The third-order valence-corrected chi connectivity index (χ3v) is 3.95. The molecule has 0 amide bonds. The summed E-state index contributed by atoms with van der Waals surface area (Å²) in [4.78, 5) is 2.49. The first-order valence-electron chi connectivity index (χ1n) is 6.66. The van der Waals surface area contributed by atoms with Gasteiger partial charge in [-0.25, -0.2) is 0 Å². The van der Waals surface area contributed by atoms with E-state index in [1.54, 1.807) is 0 Å². The van der Waals surface area contributed by atoms with E-state index in [1.165, 1.54) is 19.3 Å². The molecule has 0 aromatic heterocycles. The molecule has 0 aromatic carbocycles. The van der Waals surface area contributed by atoms with Crippen LogP contribution in [0.5, 0.6) is 0 Å². The topological polar surface area (TPSA) is 15.3 Å². The smallest absolute Gasteiger partial charge is 0.0712 e. The largest absolute Gasteiger partial charge is 0.309 e. The van der Waals surface area contributed by atoms with Crippen molar-refractivity contribution < 1.29 is 0 Å². The maximum atomic E-state index is 5.65. The van der Waals surface area contributed by atoms with E-state index in [0.29, 0.717) is 11.6 Å². The fraction of sp³-hybridized carbons (Fsp3) is 0.857. The van der Waals surface area contributed by atoms with Crippen LogP contribution in [0.2, 0.25) is 0 Å². The molecule has 0 radical (unpaired) electrons. The number of piperazine rings is 1. The Morgan fingerprint density at radius 2 is 2.06 bits per heavy atom. The highest BCUT2D eigenvalue weighted by Gasteiger charge is 2.33. The van der Waals surface area contributed by atoms with Crippen molar-refractivity contribution in [3.8, 4) is 12.3 Å². The lowest BCUT2D eigenvalue weighted by Gasteiger charge is -2.45. The van der Waals surface area contributed by atoms with E-state index in [0.717, 1.165) is 26.1 Å². The number of rotatable bonds is 5. The molecule has 1 atom stereocenters. The van der Waals surface area contributed by atoms with Crippen LogP contribution in [0.15, 0.2) is 0 Å². The first kappa shape index (κ1) is 13.5. The molecule has 2 nitrogen and oxygen atoms in total. The molecule has 1 aliphatic heterocycles. The van der Waals surface area contributed by atoms with Gasteiger partial charge in [-0.1, -0.05) is 33.1 Å². The summed E-state index contributed by atoms with van der Waals surface area (Å²) in [6, 6.07) is 0.338. The summed E-state index contributed by atoms with van der Waals surface area (Å²) in [5.41, 5.74) is 0.293. The number of hydrogen-bond acceptors (Lipinski definition) is 2. The molecule has 0 bridgehead atoms. The van der Waals surface area contributed by atoms with Gasteiger partial charge in [-0.3, -0.25) is 4.90 Å². The predicted octanol–water partition coefficient (Wildman–Crippen LogP) is 2.25. The van der Waals surface area contributed by atoms with Gasteiger partial charge in [-0.05, 0) is 19.3 Å². The minimum atomic E-state index is 0.293. The van der Waals surface area contributed by atoms with Crippen molar-refractivity contribution in [2.75, 3.05) is 19.6 Å². The van der Waals surface area contributed by atoms with Gasteiger partial charge in [0, 0.05) is 25.2 Å². The molecule has 0 saturated carbocycles. The average molecular weight is 222 g/mol. The van der Waals surface area contributed by atoms with E-state index in [-0.39, 0.29) is 0 Å². The Bertz CT molecular complexity index is 238. The summed E-state index contributed by atoms with van der Waals surface area (Å²) >= 11 is 0. The zero-order chi connectivity index (χ0) is 12.0. The Morgan fingerprint density at radius 1 is 1.38 bits per heavy atom. The molecule has 1 saturated heterocycles. The highest BCUT2D eigenvalue weighted by molar-refractivity contribution is 5.04. The van der Waals surface area contributed by atoms with Crippen molar-refractivity contribution >= 4 is 0 Å². The third kappa shape index (κ3) is 2.99. The lowest BCUT2D eigenvalue weighted by molar-refractivity contribution is 0.102. The number of nitrogens with zero attached hydrogens (tertiary/aromatic N) is 1. The lowest BCUT2D eigenvalue weighted by atomic mass is 9.89. The van der Waals surface area contributed by atoms with Crippen molar-refractivity contribution in [2.24, 2.45) is 0 Å². The van der Waals surface area contributed by atoms with Gasteiger partial charge in [0.1, 0.15) is 0 Å². The summed E-state index contributed by atoms with van der Waals surface area (Å²) in [7, 11) is 0. The van der Waals surface area contributed by atoms with E-state index >= 15 is 0 Å². The van der Waals surface area contributed by atoms with E-state index in [1.807, 2.05) is 0 Å². The summed E-state index contributed by atoms with van der Waals surface area (Å²) in [5.74, 6) is 2.96. The summed E-state index contributed by atoms with van der Waals surface area (Å²) in [5, 5.41) is 3.67. The van der Waals surface area contributed by atoms with E-state index in [2.05, 4.69) is 36.9 Å². The summed E-state index contributed by atoms with van der Waals surface area (Å²) in [6.45, 7) is 10.0. The molecule has 2 heteroatoms. The molecule has 1 fully saturated rings. The summed E-state index contributed by atoms with van der Waals surface area (Å²) in [6.07, 6.45) is 10.3. The maximum absolute atomic E-state index is 5.65. The van der Waals surface area contributed by atoms with Crippen LogP contribution < -0.4 is 5.32 Å². The molecule has 1 N–H and O–H groups in total. The Balaban J connectivity index is 2.65. The van der Waals surface area contributed by atoms with Crippen LogP contribution in [-0.2, 0) is 0 Å². The van der Waals surface area contributed by atoms with E-state index < -0.39 is 0 Å². The Kier molecular flexibility index (Phi) is 5.31. The molecule has 1 rings (SSSR count). The molecule has 1 aliphatic rings. The molecule has 0 spiro atoms. The third-order valence-electron chi connectivity index (χ3n) is 3.95. The molecule has 1 heterocycles. The quantitative estimate of drug-likeness (QED) is 0.718. The van der Waals surface area contributed by atoms with Crippen LogP contribution in [-0.4, -0.2) is 36.1 Å². The van der Waals surface area contributed by atoms with Crippen LogP contribution >= 0.6 is 0 Å². The predicted molar refractivity (Wildman–Crippen MR) is 70.4 cm³/mol. The molecule has 1 unspecified atom stereocenters. The van der Waals surface area contributed by atoms with Crippen LogP contribution in [0.25, 0.3) is 0 Å². The minimum absolute atomic E-state index is 0.293. The fourth-order valence-corrected chi connectivity index (χ4v) is 2.62.